The molecule has 3 heterocycles. The monoisotopic (exact) mass is 488 g/mol. The van der Waals surface area contributed by atoms with Crippen LogP contribution in [0.4, 0.5) is 5.13 Å². The predicted molar refractivity (Wildman–Crippen MR) is 105 cm³/mol. The molecule has 32 heavy (non-hydrogen) atoms. The molecule has 0 radical (unpaired) electrons. The number of hydrogen-bond donors (Lipinski definition) is 4. The third kappa shape index (κ3) is 4.81. The summed E-state index contributed by atoms with van der Waals surface area (Å²) in [6, 6.07) is -2.63. The minimum absolute atomic E-state index is 0.0613. The molecule has 2 aromatic heterocycles. The number of rotatable bonds is 9. The normalized spacial score (nSPS) is 19.9. The van der Waals surface area contributed by atoms with Crippen LogP contribution in [-0.2, 0) is 36.1 Å². The van der Waals surface area contributed by atoms with Gasteiger partial charge in [0.15, 0.2) is 10.8 Å². The van der Waals surface area contributed by atoms with Crippen molar-refractivity contribution in [3.63, 3.8) is 0 Å². The largest absolute Gasteiger partial charge is 0.478 e. The topological polar surface area (TPSA) is 232 Å². The van der Waals surface area contributed by atoms with Crippen molar-refractivity contribution < 1.29 is 37.3 Å². The average Bonchev–Trinajstić information content (AvgIpc) is 3.36. The first kappa shape index (κ1) is 23.0. The van der Waals surface area contributed by atoms with Gasteiger partial charge in [-0.3, -0.25) is 18.8 Å². The molecule has 18 heteroatoms. The van der Waals surface area contributed by atoms with E-state index in [0.29, 0.717) is 0 Å². The number of nitrogens with zero attached hydrogens (tertiary/aromatic N) is 6. The van der Waals surface area contributed by atoms with Crippen LogP contribution in [0, 0.1) is 0 Å². The Morgan fingerprint density at radius 3 is 2.72 bits per heavy atom. The van der Waals surface area contributed by atoms with Crippen molar-refractivity contribution in [3.8, 4) is 0 Å². The van der Waals surface area contributed by atoms with E-state index in [1.807, 2.05) is 0 Å². The number of aromatic nitrogens is 4. The standard InChI is InChI=1S/C14H16N8O8S2/c1-6(13(25)26)30-20-9(7-3-31-14(15)18-7)11(23)19-10-8(2-21-5-16-4-17-21)22(12(10)24)32(27,28)29/h3-6,8,10H,2H2,1H3,(H2,15,18)(H,19,23)(H,25,26)(H,27,28,29)/b20-9-/t6-,8?,10?/m1/s1. The summed E-state index contributed by atoms with van der Waals surface area (Å²) in [5, 5.41) is 20.0. The average molecular weight is 488 g/mol. The van der Waals surface area contributed by atoms with E-state index in [4.69, 9.17) is 15.7 Å². The Morgan fingerprint density at radius 1 is 1.47 bits per heavy atom. The molecule has 5 N–H and O–H groups in total. The highest BCUT2D eigenvalue weighted by Crippen LogP contribution is 2.25. The number of carboxylic acid groups (broad SMARTS) is 1. The zero-order chi connectivity index (χ0) is 23.6. The van der Waals surface area contributed by atoms with E-state index in [9.17, 15) is 27.4 Å². The summed E-state index contributed by atoms with van der Waals surface area (Å²) in [4.78, 5) is 48.5. The van der Waals surface area contributed by atoms with Crippen LogP contribution in [0.15, 0.2) is 23.2 Å². The number of nitrogens with one attached hydrogen (secondary N) is 1. The van der Waals surface area contributed by atoms with E-state index in [1.165, 1.54) is 29.6 Å². The second-order valence-electron chi connectivity index (χ2n) is 6.34. The summed E-state index contributed by atoms with van der Waals surface area (Å²) in [5.74, 6) is -3.48. The van der Waals surface area contributed by atoms with Crippen LogP contribution in [0.1, 0.15) is 12.6 Å². The van der Waals surface area contributed by atoms with Gasteiger partial charge >= 0.3 is 16.3 Å². The molecule has 3 rings (SSSR count). The van der Waals surface area contributed by atoms with Crippen molar-refractivity contribution >= 4 is 50.3 Å². The molecule has 0 bridgehead atoms. The lowest BCUT2D eigenvalue weighted by Gasteiger charge is -2.43. The van der Waals surface area contributed by atoms with Gasteiger partial charge < -0.3 is 21.0 Å². The molecule has 0 aliphatic carbocycles. The number of nitrogen functional groups attached to an aromatic ring is 1. The summed E-state index contributed by atoms with van der Waals surface area (Å²) < 4.78 is 33.9. The molecule has 0 spiro atoms. The van der Waals surface area contributed by atoms with E-state index in [0.717, 1.165) is 11.3 Å². The molecule has 1 aliphatic heterocycles. The molecule has 2 unspecified atom stereocenters. The smallest absolute Gasteiger partial charge is 0.362 e. The van der Waals surface area contributed by atoms with Gasteiger partial charge in [0, 0.05) is 5.38 Å². The Labute approximate surface area is 183 Å². The van der Waals surface area contributed by atoms with E-state index < -0.39 is 52.0 Å². The number of nitrogens with two attached hydrogens (primary N) is 1. The maximum atomic E-state index is 12.8. The maximum absolute atomic E-state index is 12.8. The number of aliphatic carboxylic acids is 1. The fourth-order valence-corrected chi connectivity index (χ4v) is 4.07. The first-order valence-corrected chi connectivity index (χ1v) is 10.9. The number of carbonyl (C=O) groups excluding carboxylic acids is 2. The van der Waals surface area contributed by atoms with Gasteiger partial charge in [-0.25, -0.2) is 19.1 Å². The van der Waals surface area contributed by atoms with Crippen molar-refractivity contribution in [3.05, 3.63) is 23.7 Å². The maximum Gasteiger partial charge on any atom is 0.362 e. The number of oxime groups is 1. The first-order chi connectivity index (χ1) is 15.0. The summed E-state index contributed by atoms with van der Waals surface area (Å²) >= 11 is 0.965. The molecule has 2 aromatic rings. The van der Waals surface area contributed by atoms with Crippen molar-refractivity contribution in [2.24, 2.45) is 5.16 Å². The molecule has 16 nitrogen and oxygen atoms in total. The van der Waals surface area contributed by atoms with Crippen molar-refractivity contribution in [2.75, 3.05) is 5.73 Å². The van der Waals surface area contributed by atoms with Gasteiger partial charge in [-0.05, 0) is 6.92 Å². The van der Waals surface area contributed by atoms with Crippen LogP contribution in [0.3, 0.4) is 0 Å². The molecule has 1 aliphatic rings. The van der Waals surface area contributed by atoms with E-state index in [2.05, 4.69) is 25.5 Å². The molecule has 172 valence electrons. The van der Waals surface area contributed by atoms with Crippen LogP contribution in [0.25, 0.3) is 0 Å². The minimum atomic E-state index is -4.91. The molecular weight excluding hydrogens is 472 g/mol. The van der Waals surface area contributed by atoms with Crippen LogP contribution in [0.5, 0.6) is 0 Å². The summed E-state index contributed by atoms with van der Waals surface area (Å²) in [6.45, 7) is 0.948. The van der Waals surface area contributed by atoms with Gasteiger partial charge in [0.25, 0.3) is 11.8 Å². The zero-order valence-corrected chi connectivity index (χ0v) is 17.7. The Morgan fingerprint density at radius 2 is 2.19 bits per heavy atom. The predicted octanol–water partition coefficient (Wildman–Crippen LogP) is -2.29. The van der Waals surface area contributed by atoms with Crippen LogP contribution < -0.4 is 11.1 Å². The number of anilines is 1. The van der Waals surface area contributed by atoms with Crippen molar-refractivity contribution in [1.82, 2.24) is 29.4 Å². The fourth-order valence-electron chi connectivity index (χ4n) is 2.65. The van der Waals surface area contributed by atoms with Gasteiger partial charge in [-0.15, -0.1) is 11.3 Å². The Kier molecular flexibility index (Phi) is 6.37. The van der Waals surface area contributed by atoms with Gasteiger partial charge in [-0.1, -0.05) is 5.16 Å². The van der Waals surface area contributed by atoms with Gasteiger partial charge in [0.05, 0.1) is 12.6 Å². The highest BCUT2D eigenvalue weighted by atomic mass is 32.2. The molecule has 0 saturated carbocycles. The number of β-lactam (4-membered cyclic amide) rings is 1. The lowest BCUT2D eigenvalue weighted by Crippen LogP contribution is -2.73. The van der Waals surface area contributed by atoms with E-state index in [1.54, 1.807) is 0 Å². The van der Waals surface area contributed by atoms with Crippen LogP contribution >= 0.6 is 11.3 Å². The van der Waals surface area contributed by atoms with Gasteiger partial charge in [-0.2, -0.15) is 13.5 Å². The quantitative estimate of drug-likeness (QED) is 0.126. The van der Waals surface area contributed by atoms with Crippen LogP contribution in [0.2, 0.25) is 0 Å². The third-order valence-electron chi connectivity index (χ3n) is 4.17. The lowest BCUT2D eigenvalue weighted by atomic mass is 9.98. The Bertz CT molecular complexity index is 1160. The van der Waals surface area contributed by atoms with E-state index in [-0.39, 0.29) is 21.7 Å². The number of amides is 2. The minimum Gasteiger partial charge on any atom is -0.478 e. The number of carbonyl (C=O) groups is 3. The van der Waals surface area contributed by atoms with Crippen molar-refractivity contribution in [2.45, 2.75) is 31.7 Å². The van der Waals surface area contributed by atoms with Gasteiger partial charge in [0.2, 0.25) is 6.10 Å². The number of thiazole rings is 1. The summed E-state index contributed by atoms with van der Waals surface area (Å²) in [5.41, 5.74) is 5.00. The molecule has 1 saturated heterocycles. The van der Waals surface area contributed by atoms with Gasteiger partial charge in [0.1, 0.15) is 24.4 Å². The molecule has 3 atom stereocenters. The Balaban J connectivity index is 1.85. The molecule has 1 fully saturated rings. The second-order valence-corrected chi connectivity index (χ2v) is 8.52. The summed E-state index contributed by atoms with van der Waals surface area (Å²) in [7, 11) is -4.91. The molecule has 2 amide bonds. The third-order valence-corrected chi connectivity index (χ3v) is 5.80. The van der Waals surface area contributed by atoms with Crippen LogP contribution in [-0.4, -0.2) is 83.8 Å². The molecular formula is C14H16N8O8S2. The SMILES string of the molecule is C[C@@H](O/N=C(\C(=O)NC1C(=O)N(S(=O)(=O)O)C1Cn1cncn1)c1csc(N)n1)C(=O)O. The fraction of sp³-hybridized carbons (Fsp3) is 0.357. The zero-order valence-electron chi connectivity index (χ0n) is 16.1. The lowest BCUT2D eigenvalue weighted by molar-refractivity contribution is -0.149. The first-order valence-electron chi connectivity index (χ1n) is 8.61. The van der Waals surface area contributed by atoms with Crippen molar-refractivity contribution in [1.29, 1.82) is 0 Å². The highest BCUT2D eigenvalue weighted by molar-refractivity contribution is 7.84. The highest BCUT2D eigenvalue weighted by Gasteiger charge is 2.54. The number of carboxylic acids is 1. The molecule has 0 aromatic carbocycles. The Hall–Kier alpha value is -3.64. The summed E-state index contributed by atoms with van der Waals surface area (Å²) in [6.07, 6.45) is 1.01. The number of hydrogen-bond acceptors (Lipinski definition) is 12. The second kappa shape index (κ2) is 8.85. The van der Waals surface area contributed by atoms with E-state index >= 15 is 0 Å².